The number of likely N-dealkylation sites (tertiary alicyclic amines) is 1. The van der Waals surface area contributed by atoms with Gasteiger partial charge in [-0.3, -0.25) is 14.7 Å². The SMILES string of the molecule is CC[C@H]1CN(c2ncc(C3=NCCN3)cc2Cl)CCN1C1CCN(C(=O)c2ccc(Cl)cc2)CC1. The number of piperazine rings is 1. The third kappa shape index (κ3) is 5.27. The lowest BCUT2D eigenvalue weighted by molar-refractivity contribution is 0.0491. The maximum atomic E-state index is 12.9. The summed E-state index contributed by atoms with van der Waals surface area (Å²) in [7, 11) is 0. The van der Waals surface area contributed by atoms with Crippen molar-refractivity contribution in [2.24, 2.45) is 4.99 Å². The van der Waals surface area contributed by atoms with E-state index in [1.54, 1.807) is 12.1 Å². The lowest BCUT2D eigenvalue weighted by Gasteiger charge is -2.47. The lowest BCUT2D eigenvalue weighted by Crippen LogP contribution is -2.58. The number of aliphatic imine (C=N–C) groups is 1. The molecule has 1 N–H and O–H groups in total. The maximum Gasteiger partial charge on any atom is 0.253 e. The van der Waals surface area contributed by atoms with Crippen LogP contribution >= 0.6 is 23.2 Å². The maximum absolute atomic E-state index is 12.9. The molecule has 0 unspecified atom stereocenters. The molecule has 5 rings (SSSR count). The second-order valence-corrected chi connectivity index (χ2v) is 10.3. The monoisotopic (exact) mass is 514 g/mol. The molecule has 1 aromatic heterocycles. The van der Waals surface area contributed by atoms with Crippen molar-refractivity contribution < 1.29 is 4.79 Å². The summed E-state index contributed by atoms with van der Waals surface area (Å²) in [5.74, 6) is 1.83. The van der Waals surface area contributed by atoms with Crippen LogP contribution in [0.15, 0.2) is 41.5 Å². The molecule has 3 aliphatic heterocycles. The van der Waals surface area contributed by atoms with Crippen molar-refractivity contribution in [1.82, 2.24) is 20.1 Å². The Morgan fingerprint density at radius 2 is 1.89 bits per heavy atom. The van der Waals surface area contributed by atoms with E-state index in [2.05, 4.69) is 27.0 Å². The van der Waals surface area contributed by atoms with Gasteiger partial charge >= 0.3 is 0 Å². The summed E-state index contributed by atoms with van der Waals surface area (Å²) in [6, 6.07) is 10.1. The Kier molecular flexibility index (Phi) is 7.46. The van der Waals surface area contributed by atoms with Gasteiger partial charge in [-0.2, -0.15) is 0 Å². The van der Waals surface area contributed by atoms with Gasteiger partial charge in [0.25, 0.3) is 5.91 Å². The summed E-state index contributed by atoms with van der Waals surface area (Å²) in [5.41, 5.74) is 1.65. The van der Waals surface area contributed by atoms with Crippen LogP contribution in [0.25, 0.3) is 0 Å². The molecule has 1 atom stereocenters. The molecule has 7 nitrogen and oxygen atoms in total. The fourth-order valence-electron chi connectivity index (χ4n) is 5.47. The van der Waals surface area contributed by atoms with E-state index in [0.29, 0.717) is 27.7 Å². The van der Waals surface area contributed by atoms with Crippen LogP contribution in [0.1, 0.15) is 42.1 Å². The van der Waals surface area contributed by atoms with Crippen molar-refractivity contribution in [2.75, 3.05) is 50.7 Å². The molecule has 1 amide bonds. The highest BCUT2D eigenvalue weighted by Gasteiger charge is 2.35. The van der Waals surface area contributed by atoms with Gasteiger partial charge in [-0.05, 0) is 49.6 Å². The third-order valence-electron chi connectivity index (χ3n) is 7.38. The molecule has 1 aromatic carbocycles. The molecule has 2 fully saturated rings. The molecule has 9 heteroatoms. The summed E-state index contributed by atoms with van der Waals surface area (Å²) in [6.45, 7) is 8.26. The largest absolute Gasteiger partial charge is 0.368 e. The molecule has 0 spiro atoms. The molecule has 3 aliphatic rings. The summed E-state index contributed by atoms with van der Waals surface area (Å²) in [6.07, 6.45) is 4.94. The van der Waals surface area contributed by atoms with Crippen LogP contribution in [0, 0.1) is 0 Å². The highest BCUT2D eigenvalue weighted by atomic mass is 35.5. The topological polar surface area (TPSA) is 64.1 Å². The number of anilines is 1. The Hall–Kier alpha value is -2.35. The molecule has 0 aliphatic carbocycles. The molecular formula is C26H32Cl2N6O. The minimum absolute atomic E-state index is 0.0971. The second-order valence-electron chi connectivity index (χ2n) is 9.46. The molecule has 4 heterocycles. The van der Waals surface area contributed by atoms with E-state index in [1.165, 1.54) is 0 Å². The van der Waals surface area contributed by atoms with Crippen molar-refractivity contribution in [3.8, 4) is 0 Å². The lowest BCUT2D eigenvalue weighted by atomic mass is 9.97. The van der Waals surface area contributed by atoms with Gasteiger partial charge in [-0.15, -0.1) is 0 Å². The minimum Gasteiger partial charge on any atom is -0.368 e. The van der Waals surface area contributed by atoms with E-state index < -0.39 is 0 Å². The van der Waals surface area contributed by atoms with Crippen molar-refractivity contribution in [3.63, 3.8) is 0 Å². The number of carbonyl (C=O) groups excluding carboxylic acids is 1. The van der Waals surface area contributed by atoms with Crippen molar-refractivity contribution >= 4 is 40.8 Å². The van der Waals surface area contributed by atoms with E-state index in [0.717, 1.165) is 82.3 Å². The number of carbonyl (C=O) groups is 1. The zero-order valence-corrected chi connectivity index (χ0v) is 21.6. The fourth-order valence-corrected chi connectivity index (χ4v) is 5.88. The normalized spacial score (nSPS) is 21.7. The molecule has 2 saturated heterocycles. The van der Waals surface area contributed by atoms with E-state index in [1.807, 2.05) is 29.3 Å². The van der Waals surface area contributed by atoms with Crippen LogP contribution in [0.3, 0.4) is 0 Å². The quantitative estimate of drug-likeness (QED) is 0.654. The standard InChI is InChI=1S/C26H32Cl2N6O/c1-2-21-17-33(25-23(28)15-19(16-31-25)24-29-9-10-30-24)13-14-34(21)22-7-11-32(12-8-22)26(35)18-3-5-20(27)6-4-18/h3-6,15-16,21-22H,2,7-14,17H2,1H3,(H,29,30)/t21-/m0/s1. The summed E-state index contributed by atoms with van der Waals surface area (Å²) >= 11 is 12.7. The van der Waals surface area contributed by atoms with Gasteiger partial charge < -0.3 is 15.1 Å². The number of hydrogen-bond donors (Lipinski definition) is 1. The molecule has 186 valence electrons. The molecule has 35 heavy (non-hydrogen) atoms. The predicted molar refractivity (Wildman–Crippen MR) is 142 cm³/mol. The number of piperidine rings is 1. The Labute approximate surface area is 217 Å². The van der Waals surface area contributed by atoms with Gasteiger partial charge in [0.1, 0.15) is 11.7 Å². The van der Waals surface area contributed by atoms with Crippen molar-refractivity contribution in [3.05, 3.63) is 57.7 Å². The van der Waals surface area contributed by atoms with Gasteiger partial charge in [0.15, 0.2) is 0 Å². The number of benzene rings is 1. The number of aromatic nitrogens is 1. The first-order valence-corrected chi connectivity index (χ1v) is 13.3. The Morgan fingerprint density at radius 3 is 2.54 bits per heavy atom. The van der Waals surface area contributed by atoms with Crippen molar-refractivity contribution in [1.29, 1.82) is 0 Å². The van der Waals surface area contributed by atoms with Crippen LogP contribution in [-0.2, 0) is 0 Å². The number of hydrogen-bond acceptors (Lipinski definition) is 6. The van der Waals surface area contributed by atoms with Crippen LogP contribution in [0.5, 0.6) is 0 Å². The molecule has 0 bridgehead atoms. The average Bonchev–Trinajstić information content (AvgIpc) is 3.44. The van der Waals surface area contributed by atoms with Gasteiger partial charge in [-0.25, -0.2) is 4.98 Å². The molecule has 0 saturated carbocycles. The van der Waals surface area contributed by atoms with Crippen LogP contribution in [0.4, 0.5) is 5.82 Å². The van der Waals surface area contributed by atoms with Gasteiger partial charge in [0, 0.05) is 73.7 Å². The summed E-state index contributed by atoms with van der Waals surface area (Å²) in [4.78, 5) is 29.0. The number of rotatable bonds is 5. The van der Waals surface area contributed by atoms with E-state index in [-0.39, 0.29) is 5.91 Å². The molecule has 0 radical (unpaired) electrons. The van der Waals surface area contributed by atoms with E-state index in [9.17, 15) is 4.79 Å². The number of pyridine rings is 1. The van der Waals surface area contributed by atoms with Crippen molar-refractivity contribution in [2.45, 2.75) is 38.3 Å². The first-order chi connectivity index (χ1) is 17.0. The summed E-state index contributed by atoms with van der Waals surface area (Å²) < 4.78 is 0. The Morgan fingerprint density at radius 1 is 1.11 bits per heavy atom. The number of amidine groups is 1. The second kappa shape index (κ2) is 10.7. The van der Waals surface area contributed by atoms with Crippen LogP contribution in [-0.4, -0.2) is 84.4 Å². The number of nitrogens with zero attached hydrogens (tertiary/aromatic N) is 5. The number of halogens is 2. The van der Waals surface area contributed by atoms with E-state index in [4.69, 9.17) is 28.2 Å². The van der Waals surface area contributed by atoms with Crippen LogP contribution in [0.2, 0.25) is 10.0 Å². The van der Waals surface area contributed by atoms with E-state index >= 15 is 0 Å². The Balaban J connectivity index is 1.19. The van der Waals surface area contributed by atoms with Gasteiger partial charge in [-0.1, -0.05) is 30.1 Å². The predicted octanol–water partition coefficient (Wildman–Crippen LogP) is 3.94. The zero-order valence-electron chi connectivity index (χ0n) is 20.1. The van der Waals surface area contributed by atoms with Gasteiger partial charge in [0.05, 0.1) is 11.6 Å². The smallest absolute Gasteiger partial charge is 0.253 e. The fraction of sp³-hybridized carbons (Fsp3) is 0.500. The first-order valence-electron chi connectivity index (χ1n) is 12.5. The Bertz CT molecular complexity index is 1080. The third-order valence-corrected chi connectivity index (χ3v) is 7.91. The molecular weight excluding hydrogens is 483 g/mol. The highest BCUT2D eigenvalue weighted by Crippen LogP contribution is 2.30. The zero-order chi connectivity index (χ0) is 24.4. The van der Waals surface area contributed by atoms with Crippen LogP contribution < -0.4 is 10.2 Å². The number of nitrogens with one attached hydrogen (secondary N) is 1. The minimum atomic E-state index is 0.0971. The highest BCUT2D eigenvalue weighted by molar-refractivity contribution is 6.33. The average molecular weight is 515 g/mol. The number of amides is 1. The van der Waals surface area contributed by atoms with Gasteiger partial charge in [0.2, 0.25) is 0 Å². The summed E-state index contributed by atoms with van der Waals surface area (Å²) in [5, 5.41) is 4.61. The first kappa shape index (κ1) is 24.3. The molecule has 2 aromatic rings.